The summed E-state index contributed by atoms with van der Waals surface area (Å²) in [5.41, 5.74) is 2.81. The third-order valence-corrected chi connectivity index (χ3v) is 3.37. The van der Waals surface area contributed by atoms with Crippen molar-refractivity contribution >= 4 is 11.8 Å². The number of thioether (sulfide) groups is 1. The predicted molar refractivity (Wildman–Crippen MR) is 54.7 cm³/mol. The third-order valence-electron chi connectivity index (χ3n) is 2.27. The van der Waals surface area contributed by atoms with Crippen molar-refractivity contribution in [3.8, 4) is 0 Å². The highest BCUT2D eigenvalue weighted by Crippen LogP contribution is 2.31. The molecule has 0 amide bonds. The molecule has 13 heavy (non-hydrogen) atoms. The standard InChI is InChI=1S/C10H13NOS/c11-12-5-3-8-1-2-9-4-6-13-10(9)7-8/h1-2,7H,3-6,11H2. The SMILES string of the molecule is NOCCc1ccc2c(c1)SCC2. The average molecular weight is 195 g/mol. The highest BCUT2D eigenvalue weighted by molar-refractivity contribution is 7.99. The second-order valence-corrected chi connectivity index (χ2v) is 4.30. The van der Waals surface area contributed by atoms with Gasteiger partial charge in [0.05, 0.1) is 6.61 Å². The zero-order chi connectivity index (χ0) is 9.10. The van der Waals surface area contributed by atoms with Crippen molar-refractivity contribution in [1.82, 2.24) is 0 Å². The zero-order valence-electron chi connectivity index (χ0n) is 7.45. The molecule has 1 aromatic carbocycles. The molecular weight excluding hydrogens is 182 g/mol. The first-order chi connectivity index (χ1) is 6.40. The van der Waals surface area contributed by atoms with Gasteiger partial charge in [0.1, 0.15) is 0 Å². The number of rotatable bonds is 3. The quantitative estimate of drug-likeness (QED) is 0.746. The lowest BCUT2D eigenvalue weighted by atomic mass is 10.1. The van der Waals surface area contributed by atoms with Gasteiger partial charge >= 0.3 is 0 Å². The summed E-state index contributed by atoms with van der Waals surface area (Å²) in [5, 5.41) is 0. The summed E-state index contributed by atoms with van der Waals surface area (Å²) >= 11 is 1.94. The molecule has 1 aromatic rings. The first-order valence-electron chi connectivity index (χ1n) is 4.46. The number of fused-ring (bicyclic) bond motifs is 1. The van der Waals surface area contributed by atoms with Gasteiger partial charge in [-0.05, 0) is 30.0 Å². The van der Waals surface area contributed by atoms with Gasteiger partial charge < -0.3 is 4.84 Å². The Bertz CT molecular complexity index is 301. The summed E-state index contributed by atoms with van der Waals surface area (Å²) in [7, 11) is 0. The minimum absolute atomic E-state index is 0.601. The van der Waals surface area contributed by atoms with Gasteiger partial charge in [-0.2, -0.15) is 0 Å². The van der Waals surface area contributed by atoms with Crippen LogP contribution in [0.5, 0.6) is 0 Å². The van der Waals surface area contributed by atoms with Crippen molar-refractivity contribution in [2.24, 2.45) is 5.90 Å². The van der Waals surface area contributed by atoms with E-state index in [1.54, 1.807) is 0 Å². The maximum Gasteiger partial charge on any atom is 0.0719 e. The Morgan fingerprint density at radius 1 is 1.46 bits per heavy atom. The third kappa shape index (κ3) is 2.05. The molecule has 1 heterocycles. The highest BCUT2D eigenvalue weighted by Gasteiger charge is 2.10. The number of hydrogen-bond acceptors (Lipinski definition) is 3. The molecule has 2 nitrogen and oxygen atoms in total. The van der Waals surface area contributed by atoms with Crippen LogP contribution >= 0.6 is 11.8 Å². The van der Waals surface area contributed by atoms with E-state index in [1.165, 1.54) is 28.2 Å². The molecule has 0 aromatic heterocycles. The fourth-order valence-corrected chi connectivity index (χ4v) is 2.68. The van der Waals surface area contributed by atoms with Crippen LogP contribution in [0.25, 0.3) is 0 Å². The minimum Gasteiger partial charge on any atom is -0.304 e. The lowest BCUT2D eigenvalue weighted by Crippen LogP contribution is -2.03. The van der Waals surface area contributed by atoms with Gasteiger partial charge in [-0.15, -0.1) is 11.8 Å². The van der Waals surface area contributed by atoms with Gasteiger partial charge in [-0.25, -0.2) is 5.90 Å². The summed E-state index contributed by atoms with van der Waals surface area (Å²) in [5.74, 6) is 6.21. The van der Waals surface area contributed by atoms with Gasteiger partial charge in [0, 0.05) is 10.6 Å². The van der Waals surface area contributed by atoms with E-state index in [0.29, 0.717) is 6.61 Å². The van der Waals surface area contributed by atoms with E-state index in [0.717, 1.165) is 6.42 Å². The first kappa shape index (κ1) is 9.06. The van der Waals surface area contributed by atoms with E-state index >= 15 is 0 Å². The molecule has 0 spiro atoms. The maximum absolute atomic E-state index is 4.98. The van der Waals surface area contributed by atoms with E-state index < -0.39 is 0 Å². The number of benzene rings is 1. The lowest BCUT2D eigenvalue weighted by molar-refractivity contribution is 0.141. The van der Waals surface area contributed by atoms with E-state index in [-0.39, 0.29) is 0 Å². The first-order valence-corrected chi connectivity index (χ1v) is 5.45. The topological polar surface area (TPSA) is 35.2 Å². The monoisotopic (exact) mass is 195 g/mol. The molecule has 0 bridgehead atoms. The highest BCUT2D eigenvalue weighted by atomic mass is 32.2. The van der Waals surface area contributed by atoms with E-state index in [1.807, 2.05) is 11.8 Å². The molecule has 1 aliphatic heterocycles. The fourth-order valence-electron chi connectivity index (χ4n) is 1.54. The Hall–Kier alpha value is -0.510. The van der Waals surface area contributed by atoms with E-state index in [2.05, 4.69) is 23.0 Å². The molecule has 0 saturated carbocycles. The summed E-state index contributed by atoms with van der Waals surface area (Å²) in [6.07, 6.45) is 2.12. The van der Waals surface area contributed by atoms with Gasteiger partial charge in [0.25, 0.3) is 0 Å². The zero-order valence-corrected chi connectivity index (χ0v) is 8.27. The molecule has 0 fully saturated rings. The van der Waals surface area contributed by atoms with Crippen molar-refractivity contribution in [2.45, 2.75) is 17.7 Å². The van der Waals surface area contributed by atoms with E-state index in [9.17, 15) is 0 Å². The van der Waals surface area contributed by atoms with Crippen molar-refractivity contribution < 1.29 is 4.84 Å². The smallest absolute Gasteiger partial charge is 0.0719 e. The lowest BCUT2D eigenvalue weighted by Gasteiger charge is -2.02. The van der Waals surface area contributed by atoms with Crippen LogP contribution in [0, 0.1) is 0 Å². The Labute approximate surface area is 82.4 Å². The second kappa shape index (κ2) is 4.13. The van der Waals surface area contributed by atoms with Crippen LogP contribution in [0.15, 0.2) is 23.1 Å². The fraction of sp³-hybridized carbons (Fsp3) is 0.400. The Morgan fingerprint density at radius 2 is 2.38 bits per heavy atom. The van der Waals surface area contributed by atoms with Crippen molar-refractivity contribution in [2.75, 3.05) is 12.4 Å². The molecule has 0 radical (unpaired) electrons. The van der Waals surface area contributed by atoms with E-state index in [4.69, 9.17) is 5.90 Å². The van der Waals surface area contributed by atoms with Gasteiger partial charge in [-0.3, -0.25) is 0 Å². The Balaban J connectivity index is 2.12. The van der Waals surface area contributed by atoms with Crippen LogP contribution in [0.4, 0.5) is 0 Å². The average Bonchev–Trinajstić information content (AvgIpc) is 2.61. The molecule has 0 aliphatic carbocycles. The predicted octanol–water partition coefficient (Wildman–Crippen LogP) is 1.77. The molecule has 2 N–H and O–H groups in total. The van der Waals surface area contributed by atoms with Crippen molar-refractivity contribution in [3.63, 3.8) is 0 Å². The van der Waals surface area contributed by atoms with Crippen LogP contribution in [-0.2, 0) is 17.7 Å². The number of aryl methyl sites for hydroxylation is 1. The van der Waals surface area contributed by atoms with Crippen LogP contribution in [0.1, 0.15) is 11.1 Å². The molecule has 0 atom stereocenters. The van der Waals surface area contributed by atoms with Crippen molar-refractivity contribution in [1.29, 1.82) is 0 Å². The summed E-state index contributed by atoms with van der Waals surface area (Å²) < 4.78 is 0. The molecule has 0 saturated heterocycles. The maximum atomic E-state index is 4.98. The van der Waals surface area contributed by atoms with Gasteiger partial charge in [-0.1, -0.05) is 12.1 Å². The summed E-state index contributed by atoms with van der Waals surface area (Å²) in [6, 6.07) is 6.65. The Morgan fingerprint density at radius 3 is 3.23 bits per heavy atom. The molecule has 0 unspecified atom stereocenters. The van der Waals surface area contributed by atoms with Crippen molar-refractivity contribution in [3.05, 3.63) is 29.3 Å². The number of nitrogens with two attached hydrogens (primary N) is 1. The summed E-state index contributed by atoms with van der Waals surface area (Å²) in [4.78, 5) is 6.00. The molecule has 2 rings (SSSR count). The van der Waals surface area contributed by atoms with Gasteiger partial charge in [0.2, 0.25) is 0 Å². The minimum atomic E-state index is 0.601. The largest absolute Gasteiger partial charge is 0.304 e. The summed E-state index contributed by atoms with van der Waals surface area (Å²) in [6.45, 7) is 0.601. The second-order valence-electron chi connectivity index (χ2n) is 3.16. The molecule has 3 heteroatoms. The van der Waals surface area contributed by atoms with Gasteiger partial charge in [0.15, 0.2) is 0 Å². The van der Waals surface area contributed by atoms with Crippen LogP contribution in [0.2, 0.25) is 0 Å². The van der Waals surface area contributed by atoms with Crippen LogP contribution in [0.3, 0.4) is 0 Å². The molecule has 1 aliphatic rings. The molecule has 70 valence electrons. The Kier molecular flexibility index (Phi) is 2.88. The number of hydrogen-bond donors (Lipinski definition) is 1. The van der Waals surface area contributed by atoms with Crippen LogP contribution in [-0.4, -0.2) is 12.4 Å². The normalized spacial score (nSPS) is 14.5. The molecular formula is C10H13NOS. The van der Waals surface area contributed by atoms with Crippen LogP contribution < -0.4 is 5.90 Å².